The predicted octanol–water partition coefficient (Wildman–Crippen LogP) is 5.03. The fraction of sp³-hybridized carbons (Fsp3) is 0.0833. The number of hydrogen-bond donors (Lipinski definition) is 0. The Balaban J connectivity index is 1.68. The first-order valence-corrected chi connectivity index (χ1v) is 9.04. The van der Waals surface area contributed by atoms with Crippen molar-refractivity contribution in [2.24, 2.45) is 0 Å². The van der Waals surface area contributed by atoms with Crippen molar-refractivity contribution in [3.63, 3.8) is 0 Å². The molecular formula is C24H18O5. The average Bonchev–Trinajstić information content (AvgIpc) is 3.36. The summed E-state index contributed by atoms with van der Waals surface area (Å²) in [7, 11) is 1.58. The lowest BCUT2D eigenvalue weighted by Crippen LogP contribution is -2.09. The number of furan rings is 1. The molecule has 0 aliphatic heterocycles. The highest BCUT2D eigenvalue weighted by Gasteiger charge is 2.26. The van der Waals surface area contributed by atoms with Crippen molar-refractivity contribution >= 4 is 29.0 Å². The number of ether oxygens (including phenoxy) is 2. The molecule has 1 aromatic heterocycles. The van der Waals surface area contributed by atoms with E-state index in [0.29, 0.717) is 28.4 Å². The normalized spacial score (nSPS) is 13.7. The molecule has 5 nitrogen and oxygen atoms in total. The third-order valence-corrected chi connectivity index (χ3v) is 4.66. The van der Waals surface area contributed by atoms with Crippen LogP contribution in [0.5, 0.6) is 11.5 Å². The second-order valence-corrected chi connectivity index (χ2v) is 6.55. The van der Waals surface area contributed by atoms with Crippen LogP contribution in [0.2, 0.25) is 0 Å². The Morgan fingerprint density at radius 1 is 0.966 bits per heavy atom. The van der Waals surface area contributed by atoms with Crippen molar-refractivity contribution in [2.45, 2.75) is 6.92 Å². The van der Waals surface area contributed by atoms with Gasteiger partial charge in [0.1, 0.15) is 17.3 Å². The topological polar surface area (TPSA) is 65.7 Å². The second kappa shape index (κ2) is 7.64. The molecule has 0 radical (unpaired) electrons. The zero-order valence-electron chi connectivity index (χ0n) is 16.0. The zero-order valence-corrected chi connectivity index (χ0v) is 16.0. The maximum absolute atomic E-state index is 12.9. The summed E-state index contributed by atoms with van der Waals surface area (Å²) in [4.78, 5) is 24.3. The number of carbonyl (C=O) groups is 2. The largest absolute Gasteiger partial charge is 0.497 e. The smallest absolute Gasteiger partial charge is 0.344 e. The molecule has 0 saturated carbocycles. The molecule has 0 unspecified atom stereocenters. The van der Waals surface area contributed by atoms with E-state index in [2.05, 4.69) is 0 Å². The Kier molecular flexibility index (Phi) is 4.87. The molecule has 1 aliphatic rings. The van der Waals surface area contributed by atoms with Crippen molar-refractivity contribution < 1.29 is 23.5 Å². The van der Waals surface area contributed by atoms with E-state index < -0.39 is 5.97 Å². The Hall–Kier alpha value is -3.86. The van der Waals surface area contributed by atoms with E-state index >= 15 is 0 Å². The minimum atomic E-state index is -0.488. The number of fused-ring (bicyclic) bond motifs is 1. The number of hydrogen-bond acceptors (Lipinski definition) is 5. The van der Waals surface area contributed by atoms with Crippen molar-refractivity contribution in [1.29, 1.82) is 0 Å². The van der Waals surface area contributed by atoms with Crippen LogP contribution in [0.1, 0.15) is 34.2 Å². The van der Waals surface area contributed by atoms with E-state index in [0.717, 1.165) is 16.7 Å². The molecule has 5 heteroatoms. The van der Waals surface area contributed by atoms with E-state index in [1.54, 1.807) is 49.8 Å². The number of rotatable bonds is 5. The Morgan fingerprint density at radius 3 is 2.38 bits per heavy atom. The number of esters is 1. The van der Waals surface area contributed by atoms with Crippen molar-refractivity contribution in [3.8, 4) is 11.5 Å². The first kappa shape index (κ1) is 18.5. The van der Waals surface area contributed by atoms with E-state index in [9.17, 15) is 9.59 Å². The lowest BCUT2D eigenvalue weighted by Gasteiger charge is -2.09. The highest BCUT2D eigenvalue weighted by atomic mass is 16.5. The Labute approximate surface area is 167 Å². The number of allylic oxidation sites excluding steroid dienone is 2. The summed E-state index contributed by atoms with van der Waals surface area (Å²) in [6.45, 7) is 1.49. The fourth-order valence-corrected chi connectivity index (χ4v) is 3.17. The minimum absolute atomic E-state index is 0.0462. The highest BCUT2D eigenvalue weighted by molar-refractivity contribution is 6.24. The molecule has 2 aromatic carbocycles. The Bertz CT molecular complexity index is 1130. The molecule has 1 aliphatic carbocycles. The SMILES string of the molecule is COc1ccc2c(c1)C(C(=O)Oc1ccc(C(C)=O)cc1)=C/C2=C\c1ccco1. The van der Waals surface area contributed by atoms with Gasteiger partial charge in [-0.15, -0.1) is 0 Å². The van der Waals surface area contributed by atoms with Crippen LogP contribution in [0.25, 0.3) is 17.2 Å². The number of methoxy groups -OCH3 is 1. The van der Waals surface area contributed by atoms with Crippen LogP contribution in [-0.4, -0.2) is 18.9 Å². The van der Waals surface area contributed by atoms with Gasteiger partial charge in [-0.1, -0.05) is 6.07 Å². The average molecular weight is 386 g/mol. The quantitative estimate of drug-likeness (QED) is 0.349. The number of Topliss-reactive ketones (excluding diaryl/α,β-unsaturated/α-hetero) is 1. The zero-order chi connectivity index (χ0) is 20.4. The first-order chi connectivity index (χ1) is 14.0. The number of benzene rings is 2. The van der Waals surface area contributed by atoms with Gasteiger partial charge in [0.15, 0.2) is 5.78 Å². The second-order valence-electron chi connectivity index (χ2n) is 6.55. The molecule has 0 N–H and O–H groups in total. The number of carbonyl (C=O) groups excluding carboxylic acids is 2. The van der Waals surface area contributed by atoms with Crippen LogP contribution in [0.15, 0.2) is 71.4 Å². The summed E-state index contributed by atoms with van der Waals surface area (Å²) in [6.07, 6.45) is 5.24. The molecule has 4 rings (SSSR count). The van der Waals surface area contributed by atoms with Crippen LogP contribution < -0.4 is 9.47 Å². The van der Waals surface area contributed by atoms with Gasteiger partial charge in [0.05, 0.1) is 18.9 Å². The Morgan fingerprint density at radius 2 is 1.72 bits per heavy atom. The molecule has 0 fully saturated rings. The molecule has 1 heterocycles. The first-order valence-electron chi connectivity index (χ1n) is 9.04. The molecule has 3 aromatic rings. The van der Waals surface area contributed by atoms with Gasteiger partial charge < -0.3 is 13.9 Å². The van der Waals surface area contributed by atoms with Gasteiger partial charge in [-0.2, -0.15) is 0 Å². The van der Waals surface area contributed by atoms with E-state index in [1.807, 2.05) is 30.3 Å². The fourth-order valence-electron chi connectivity index (χ4n) is 3.17. The molecule has 144 valence electrons. The van der Waals surface area contributed by atoms with Crippen LogP contribution in [0.3, 0.4) is 0 Å². The van der Waals surface area contributed by atoms with E-state index in [4.69, 9.17) is 13.9 Å². The van der Waals surface area contributed by atoms with Gasteiger partial charge in [-0.3, -0.25) is 4.79 Å². The summed E-state index contributed by atoms with van der Waals surface area (Å²) in [5.41, 5.74) is 3.45. The summed E-state index contributed by atoms with van der Waals surface area (Å²) in [5.74, 6) is 1.17. The lowest BCUT2D eigenvalue weighted by atomic mass is 10.0. The molecule has 0 spiro atoms. The monoisotopic (exact) mass is 386 g/mol. The van der Waals surface area contributed by atoms with Crippen LogP contribution in [0, 0.1) is 0 Å². The lowest BCUT2D eigenvalue weighted by molar-refractivity contribution is -0.127. The van der Waals surface area contributed by atoms with Gasteiger partial charge in [-0.05, 0) is 78.7 Å². The van der Waals surface area contributed by atoms with Crippen molar-refractivity contribution in [3.05, 3.63) is 89.4 Å². The van der Waals surface area contributed by atoms with E-state index in [-0.39, 0.29) is 5.78 Å². The predicted molar refractivity (Wildman–Crippen MR) is 110 cm³/mol. The maximum atomic E-state index is 12.9. The molecular weight excluding hydrogens is 368 g/mol. The molecule has 29 heavy (non-hydrogen) atoms. The third kappa shape index (κ3) is 3.75. The van der Waals surface area contributed by atoms with Gasteiger partial charge >= 0.3 is 5.97 Å². The third-order valence-electron chi connectivity index (χ3n) is 4.66. The summed E-state index contributed by atoms with van der Waals surface area (Å²) in [5, 5.41) is 0. The van der Waals surface area contributed by atoms with Crippen LogP contribution in [-0.2, 0) is 4.79 Å². The summed E-state index contributed by atoms with van der Waals surface area (Å²) in [6, 6.07) is 15.7. The minimum Gasteiger partial charge on any atom is -0.497 e. The van der Waals surface area contributed by atoms with Gasteiger partial charge in [0.25, 0.3) is 0 Å². The molecule has 0 atom stereocenters. The standard InChI is InChI=1S/C24H18O5/c1-15(25)16-5-7-18(8-6-16)29-24(26)23-13-17(12-20-4-3-11-28-20)21-10-9-19(27-2)14-22(21)23/h3-14H,1-2H3/b17-12+. The van der Waals surface area contributed by atoms with Crippen LogP contribution >= 0.6 is 0 Å². The highest BCUT2D eigenvalue weighted by Crippen LogP contribution is 2.39. The van der Waals surface area contributed by atoms with Gasteiger partial charge in [0, 0.05) is 11.1 Å². The van der Waals surface area contributed by atoms with E-state index in [1.165, 1.54) is 6.92 Å². The molecule has 0 bridgehead atoms. The van der Waals surface area contributed by atoms with Crippen molar-refractivity contribution in [2.75, 3.05) is 7.11 Å². The molecule has 0 amide bonds. The van der Waals surface area contributed by atoms with Gasteiger partial charge in [0.2, 0.25) is 0 Å². The van der Waals surface area contributed by atoms with Gasteiger partial charge in [-0.25, -0.2) is 4.79 Å². The van der Waals surface area contributed by atoms with Crippen molar-refractivity contribution in [1.82, 2.24) is 0 Å². The molecule has 0 saturated heterocycles. The maximum Gasteiger partial charge on any atom is 0.344 e. The summed E-state index contributed by atoms with van der Waals surface area (Å²) >= 11 is 0. The van der Waals surface area contributed by atoms with Crippen LogP contribution in [0.4, 0.5) is 0 Å². The summed E-state index contributed by atoms with van der Waals surface area (Å²) < 4.78 is 16.3. The number of ketones is 1.